The first-order chi connectivity index (χ1) is 15.4. The van der Waals surface area contributed by atoms with Crippen molar-refractivity contribution in [3.8, 4) is 5.69 Å². The topological polar surface area (TPSA) is 64.0 Å². The summed E-state index contributed by atoms with van der Waals surface area (Å²) in [6, 6.07) is 13.9. The molecule has 0 saturated carbocycles. The third-order valence-electron chi connectivity index (χ3n) is 5.25. The van der Waals surface area contributed by atoms with Gasteiger partial charge in [0.15, 0.2) is 5.16 Å². The molecule has 0 radical (unpaired) electrons. The molecule has 0 fully saturated rings. The number of thiophene rings is 1. The largest absolute Gasteiger partial charge is 0.325 e. The first kappa shape index (κ1) is 22.3. The van der Waals surface area contributed by atoms with Crippen LogP contribution >= 0.6 is 23.1 Å². The van der Waals surface area contributed by atoms with Gasteiger partial charge in [-0.2, -0.15) is 0 Å². The van der Waals surface area contributed by atoms with Gasteiger partial charge >= 0.3 is 0 Å². The molecule has 0 unspecified atom stereocenters. The Morgan fingerprint density at radius 1 is 1.12 bits per heavy atom. The Hall–Kier alpha value is -2.90. The fraction of sp³-hybridized carbons (Fsp3) is 0.240. The molecule has 2 heterocycles. The van der Waals surface area contributed by atoms with Crippen LogP contribution in [0.25, 0.3) is 15.9 Å². The summed E-state index contributed by atoms with van der Waals surface area (Å²) in [5.74, 6) is 0.0373. The van der Waals surface area contributed by atoms with Crippen molar-refractivity contribution in [3.63, 3.8) is 0 Å². The van der Waals surface area contributed by atoms with Crippen LogP contribution in [-0.4, -0.2) is 21.2 Å². The molecule has 2 aromatic carbocycles. The number of nitrogens with one attached hydrogen (secondary N) is 1. The number of rotatable bonds is 6. The Morgan fingerprint density at radius 2 is 1.88 bits per heavy atom. The van der Waals surface area contributed by atoms with Gasteiger partial charge in [0.1, 0.15) is 4.70 Å². The van der Waals surface area contributed by atoms with Gasteiger partial charge in [-0.3, -0.25) is 14.2 Å². The summed E-state index contributed by atoms with van der Waals surface area (Å²) < 4.78 is 2.24. The lowest BCUT2D eigenvalue weighted by molar-refractivity contribution is -0.113. The van der Waals surface area contributed by atoms with Gasteiger partial charge in [0.05, 0.1) is 17.0 Å². The smallest absolute Gasteiger partial charge is 0.276 e. The summed E-state index contributed by atoms with van der Waals surface area (Å²) in [5, 5.41) is 5.44. The van der Waals surface area contributed by atoms with E-state index in [4.69, 9.17) is 4.98 Å². The lowest BCUT2D eigenvalue weighted by Crippen LogP contribution is -2.22. The van der Waals surface area contributed by atoms with Crippen LogP contribution < -0.4 is 10.9 Å². The van der Waals surface area contributed by atoms with E-state index in [1.807, 2.05) is 62.5 Å². The van der Waals surface area contributed by atoms with Gasteiger partial charge in [0.2, 0.25) is 5.91 Å². The molecule has 7 heteroatoms. The number of para-hydroxylation sites is 1. The molecule has 32 heavy (non-hydrogen) atoms. The van der Waals surface area contributed by atoms with Gasteiger partial charge in [0, 0.05) is 5.69 Å². The summed E-state index contributed by atoms with van der Waals surface area (Å²) in [6.07, 6.45) is 0.840. The second-order valence-electron chi connectivity index (χ2n) is 7.82. The van der Waals surface area contributed by atoms with E-state index in [-0.39, 0.29) is 17.2 Å². The zero-order valence-electron chi connectivity index (χ0n) is 18.6. The van der Waals surface area contributed by atoms with Gasteiger partial charge in [-0.1, -0.05) is 43.0 Å². The molecule has 5 nitrogen and oxygen atoms in total. The van der Waals surface area contributed by atoms with Gasteiger partial charge in [0.25, 0.3) is 5.56 Å². The molecule has 0 aliphatic carbocycles. The van der Waals surface area contributed by atoms with Crippen molar-refractivity contribution in [3.05, 3.63) is 80.5 Å². The quantitative estimate of drug-likeness (QED) is 0.296. The first-order valence-corrected chi connectivity index (χ1v) is 12.3. The van der Waals surface area contributed by atoms with Crippen molar-refractivity contribution in [2.24, 2.45) is 0 Å². The monoisotopic (exact) mass is 463 g/mol. The van der Waals surface area contributed by atoms with Crippen LogP contribution in [0, 0.1) is 20.8 Å². The maximum Gasteiger partial charge on any atom is 0.276 e. The number of anilines is 1. The molecular weight excluding hydrogens is 438 g/mol. The number of benzene rings is 2. The molecule has 2 aromatic heterocycles. The zero-order valence-corrected chi connectivity index (χ0v) is 20.2. The molecule has 0 aliphatic heterocycles. The highest BCUT2D eigenvalue weighted by molar-refractivity contribution is 7.99. The van der Waals surface area contributed by atoms with Crippen molar-refractivity contribution in [2.75, 3.05) is 11.1 Å². The van der Waals surface area contributed by atoms with Crippen LogP contribution in [0.2, 0.25) is 0 Å². The van der Waals surface area contributed by atoms with E-state index in [9.17, 15) is 9.59 Å². The molecule has 0 atom stereocenters. The molecule has 4 aromatic rings. The van der Waals surface area contributed by atoms with Gasteiger partial charge < -0.3 is 5.32 Å². The second-order valence-corrected chi connectivity index (χ2v) is 9.67. The normalized spacial score (nSPS) is 11.1. The average Bonchev–Trinajstić information content (AvgIpc) is 3.22. The minimum atomic E-state index is -0.120. The van der Waals surface area contributed by atoms with Crippen LogP contribution in [0.3, 0.4) is 0 Å². The predicted octanol–water partition coefficient (Wildman–Crippen LogP) is 5.67. The summed E-state index contributed by atoms with van der Waals surface area (Å²) in [4.78, 5) is 30.9. The summed E-state index contributed by atoms with van der Waals surface area (Å²) >= 11 is 2.66. The maximum atomic E-state index is 13.3. The minimum Gasteiger partial charge on any atom is -0.325 e. The van der Waals surface area contributed by atoms with Gasteiger partial charge in [-0.05, 0) is 73.0 Å². The second kappa shape index (κ2) is 9.30. The summed E-state index contributed by atoms with van der Waals surface area (Å²) in [5.41, 5.74) is 6.47. The van der Waals surface area contributed by atoms with E-state index in [2.05, 4.69) is 18.3 Å². The third-order valence-corrected chi connectivity index (χ3v) is 7.08. The van der Waals surface area contributed by atoms with E-state index >= 15 is 0 Å². The molecule has 0 bridgehead atoms. The van der Waals surface area contributed by atoms with Crippen LogP contribution in [0.15, 0.2) is 57.8 Å². The van der Waals surface area contributed by atoms with Crippen molar-refractivity contribution in [1.82, 2.24) is 9.55 Å². The van der Waals surface area contributed by atoms with Crippen molar-refractivity contribution in [1.29, 1.82) is 0 Å². The number of amides is 1. The fourth-order valence-corrected chi connectivity index (χ4v) is 5.38. The lowest BCUT2D eigenvalue weighted by atomic mass is 10.1. The van der Waals surface area contributed by atoms with E-state index in [1.54, 1.807) is 4.57 Å². The van der Waals surface area contributed by atoms with Crippen LogP contribution in [0.4, 0.5) is 5.69 Å². The van der Waals surface area contributed by atoms with Gasteiger partial charge in [-0.15, -0.1) is 11.3 Å². The number of fused-ring (bicyclic) bond motifs is 1. The van der Waals surface area contributed by atoms with E-state index in [1.165, 1.54) is 23.1 Å². The number of carbonyl (C=O) groups excluding carboxylic acids is 1. The van der Waals surface area contributed by atoms with Crippen molar-refractivity contribution >= 4 is 44.9 Å². The Bertz CT molecular complexity index is 1350. The van der Waals surface area contributed by atoms with Crippen LogP contribution in [-0.2, 0) is 11.2 Å². The number of hydrogen-bond donors (Lipinski definition) is 1. The van der Waals surface area contributed by atoms with Crippen molar-refractivity contribution < 1.29 is 4.79 Å². The first-order valence-electron chi connectivity index (χ1n) is 10.5. The van der Waals surface area contributed by atoms with E-state index < -0.39 is 0 Å². The molecule has 4 rings (SSSR count). The molecular formula is C25H25N3O2S2. The molecule has 164 valence electrons. The van der Waals surface area contributed by atoms with Crippen LogP contribution in [0.1, 0.15) is 29.2 Å². The zero-order chi connectivity index (χ0) is 22.8. The Balaban J connectivity index is 1.67. The maximum absolute atomic E-state index is 13.3. The molecule has 0 aliphatic rings. The number of aromatic nitrogens is 2. The average molecular weight is 464 g/mol. The lowest BCUT2D eigenvalue weighted by Gasteiger charge is -2.15. The molecule has 1 N–H and O–H groups in total. The third kappa shape index (κ3) is 4.49. The highest BCUT2D eigenvalue weighted by Gasteiger charge is 2.17. The number of aryl methyl sites for hydroxylation is 4. The summed E-state index contributed by atoms with van der Waals surface area (Å²) in [6.45, 7) is 8.08. The van der Waals surface area contributed by atoms with Gasteiger partial charge in [-0.25, -0.2) is 4.98 Å². The SMILES string of the molecule is CCc1cccc(C)c1NC(=O)CSc1nc2ccsc2c(=O)n1-c1cc(C)cc(C)c1. The highest BCUT2D eigenvalue weighted by Crippen LogP contribution is 2.26. The number of carbonyl (C=O) groups is 1. The molecule has 0 spiro atoms. The number of thioether (sulfide) groups is 1. The number of hydrogen-bond acceptors (Lipinski definition) is 5. The standard InChI is InChI=1S/C25H25N3O2S2/c1-5-18-8-6-7-17(4)22(18)27-21(29)14-32-25-26-20-9-10-31-23(20)24(30)28(25)19-12-15(2)11-16(3)13-19/h6-13H,5,14H2,1-4H3,(H,27,29). The Kier molecular flexibility index (Phi) is 6.48. The summed E-state index contributed by atoms with van der Waals surface area (Å²) in [7, 11) is 0. The van der Waals surface area contributed by atoms with Crippen LogP contribution in [0.5, 0.6) is 0 Å². The van der Waals surface area contributed by atoms with E-state index in [0.29, 0.717) is 15.4 Å². The Morgan fingerprint density at radius 3 is 2.59 bits per heavy atom. The van der Waals surface area contributed by atoms with Crippen molar-refractivity contribution in [2.45, 2.75) is 39.3 Å². The number of nitrogens with zero attached hydrogens (tertiary/aromatic N) is 2. The van der Waals surface area contributed by atoms with E-state index in [0.717, 1.165) is 40.0 Å². The Labute approximate surface area is 195 Å². The molecule has 1 amide bonds. The fourth-order valence-electron chi connectivity index (χ4n) is 3.80. The highest BCUT2D eigenvalue weighted by atomic mass is 32.2. The molecule has 0 saturated heterocycles. The minimum absolute atomic E-state index is 0.106. The predicted molar refractivity (Wildman–Crippen MR) is 135 cm³/mol.